The van der Waals surface area contributed by atoms with Gasteiger partial charge in [0.05, 0.1) is 18.4 Å². The molecule has 2 fully saturated rings. The van der Waals surface area contributed by atoms with E-state index < -0.39 is 10.0 Å². The average Bonchev–Trinajstić information content (AvgIpc) is 3.00. The van der Waals surface area contributed by atoms with Crippen molar-refractivity contribution in [2.45, 2.75) is 38.8 Å². The van der Waals surface area contributed by atoms with E-state index >= 15 is 0 Å². The van der Waals surface area contributed by atoms with Crippen molar-refractivity contribution in [1.82, 2.24) is 14.8 Å². The SMILES string of the molecule is COCc1c(C(=O)N2CCC3(CC2)CC3NS(C)(=O)=O)noc1C. The Bertz CT molecular complexity index is 734. The Morgan fingerprint density at radius 1 is 1.46 bits per heavy atom. The van der Waals surface area contributed by atoms with Crippen molar-refractivity contribution in [3.63, 3.8) is 0 Å². The van der Waals surface area contributed by atoms with Gasteiger partial charge in [-0.15, -0.1) is 0 Å². The maximum atomic E-state index is 12.7. The van der Waals surface area contributed by atoms with Gasteiger partial charge in [-0.2, -0.15) is 0 Å². The molecule has 8 nitrogen and oxygen atoms in total. The second-order valence-corrected chi connectivity index (χ2v) is 8.58. The van der Waals surface area contributed by atoms with Gasteiger partial charge < -0.3 is 14.2 Å². The first kappa shape index (κ1) is 17.4. The van der Waals surface area contributed by atoms with E-state index in [2.05, 4.69) is 9.88 Å². The fourth-order valence-electron chi connectivity index (χ4n) is 3.50. The molecule has 1 aromatic rings. The molecule has 2 heterocycles. The molecule has 1 aromatic heterocycles. The van der Waals surface area contributed by atoms with Crippen molar-refractivity contribution >= 4 is 15.9 Å². The van der Waals surface area contributed by atoms with Crippen LogP contribution in [0.25, 0.3) is 0 Å². The highest BCUT2D eigenvalue weighted by molar-refractivity contribution is 7.88. The molecule has 1 N–H and O–H groups in total. The molecular weight excluding hydrogens is 334 g/mol. The maximum Gasteiger partial charge on any atom is 0.276 e. The van der Waals surface area contributed by atoms with Gasteiger partial charge in [-0.25, -0.2) is 13.1 Å². The second-order valence-electron chi connectivity index (χ2n) is 6.80. The number of nitrogens with one attached hydrogen (secondary N) is 1. The van der Waals surface area contributed by atoms with E-state index in [0.29, 0.717) is 30.1 Å². The summed E-state index contributed by atoms with van der Waals surface area (Å²) in [5, 5.41) is 3.89. The van der Waals surface area contributed by atoms with Crippen molar-refractivity contribution in [3.8, 4) is 0 Å². The predicted octanol–water partition coefficient (Wildman–Crippen LogP) is 0.673. The third-order valence-corrected chi connectivity index (χ3v) is 5.78. The Balaban J connectivity index is 1.63. The molecule has 1 aliphatic carbocycles. The topological polar surface area (TPSA) is 102 Å². The third-order valence-electron chi connectivity index (χ3n) is 5.07. The van der Waals surface area contributed by atoms with Crippen LogP contribution >= 0.6 is 0 Å². The first-order valence-electron chi connectivity index (χ1n) is 7.96. The van der Waals surface area contributed by atoms with Gasteiger partial charge in [0.2, 0.25) is 10.0 Å². The quantitative estimate of drug-likeness (QED) is 0.831. The van der Waals surface area contributed by atoms with Crippen LogP contribution in [0.3, 0.4) is 0 Å². The summed E-state index contributed by atoms with van der Waals surface area (Å²) in [7, 11) is -1.62. The van der Waals surface area contributed by atoms with Crippen LogP contribution in [-0.2, 0) is 21.4 Å². The van der Waals surface area contributed by atoms with Crippen molar-refractivity contribution in [3.05, 3.63) is 17.0 Å². The van der Waals surface area contributed by atoms with Gasteiger partial charge in [-0.3, -0.25) is 4.79 Å². The molecule has 1 saturated heterocycles. The molecule has 2 aliphatic rings. The molecule has 1 amide bonds. The third kappa shape index (κ3) is 3.33. The average molecular weight is 357 g/mol. The normalized spacial score (nSPS) is 22.8. The molecule has 24 heavy (non-hydrogen) atoms. The van der Waals surface area contributed by atoms with E-state index in [4.69, 9.17) is 9.26 Å². The largest absolute Gasteiger partial charge is 0.380 e. The molecule has 1 atom stereocenters. The summed E-state index contributed by atoms with van der Waals surface area (Å²) in [5.41, 5.74) is 1.01. The Labute approximate surface area is 141 Å². The predicted molar refractivity (Wildman–Crippen MR) is 85.9 cm³/mol. The Kier molecular flexibility index (Phi) is 4.43. The molecule has 1 unspecified atom stereocenters. The minimum absolute atomic E-state index is 0.00287. The fraction of sp³-hybridized carbons (Fsp3) is 0.733. The Morgan fingerprint density at radius 3 is 2.71 bits per heavy atom. The summed E-state index contributed by atoms with van der Waals surface area (Å²) in [6.45, 7) is 3.24. The Hall–Kier alpha value is -1.45. The number of ether oxygens (including phenoxy) is 1. The first-order chi connectivity index (χ1) is 11.3. The molecule has 0 aromatic carbocycles. The molecule has 134 valence electrons. The van der Waals surface area contributed by atoms with Crippen molar-refractivity contribution in [2.24, 2.45) is 5.41 Å². The van der Waals surface area contributed by atoms with Gasteiger partial charge in [-0.1, -0.05) is 5.16 Å². The lowest BCUT2D eigenvalue weighted by atomic mass is 9.92. The molecular formula is C15H23N3O5S. The number of hydrogen-bond donors (Lipinski definition) is 1. The zero-order valence-corrected chi connectivity index (χ0v) is 15.0. The lowest BCUT2D eigenvalue weighted by molar-refractivity contribution is 0.0659. The molecule has 1 aliphatic heterocycles. The standard InChI is InChI=1S/C15H23N3O5S/c1-10-11(9-22-2)13(16-23-10)14(19)18-6-4-15(5-7-18)8-12(15)17-24(3,20)21/h12,17H,4-9H2,1-3H3. The zero-order valence-electron chi connectivity index (χ0n) is 14.2. The number of nitrogens with zero attached hydrogens (tertiary/aromatic N) is 2. The minimum Gasteiger partial charge on any atom is -0.380 e. The number of carbonyl (C=O) groups is 1. The summed E-state index contributed by atoms with van der Waals surface area (Å²) in [4.78, 5) is 14.4. The number of hydrogen-bond acceptors (Lipinski definition) is 6. The Morgan fingerprint density at radius 2 is 2.12 bits per heavy atom. The number of piperidine rings is 1. The number of likely N-dealkylation sites (tertiary alicyclic amines) is 1. The van der Waals surface area contributed by atoms with Crippen LogP contribution in [0, 0.1) is 12.3 Å². The highest BCUT2D eigenvalue weighted by atomic mass is 32.2. The second kappa shape index (κ2) is 6.12. The fourth-order valence-corrected chi connectivity index (χ4v) is 4.35. The maximum absolute atomic E-state index is 12.7. The van der Waals surface area contributed by atoms with Gasteiger partial charge in [0.25, 0.3) is 5.91 Å². The summed E-state index contributed by atoms with van der Waals surface area (Å²) in [6.07, 6.45) is 3.62. The summed E-state index contributed by atoms with van der Waals surface area (Å²) in [6, 6.07) is 0.00287. The van der Waals surface area contributed by atoms with Crippen LogP contribution in [0.2, 0.25) is 0 Å². The summed E-state index contributed by atoms with van der Waals surface area (Å²) < 4.78 is 35.6. The van der Waals surface area contributed by atoms with Crippen LogP contribution < -0.4 is 4.72 Å². The van der Waals surface area contributed by atoms with Crippen LogP contribution in [0.15, 0.2) is 4.52 Å². The van der Waals surface area contributed by atoms with E-state index in [1.54, 1.807) is 18.9 Å². The van der Waals surface area contributed by atoms with Crippen molar-refractivity contribution in [2.75, 3.05) is 26.5 Å². The molecule has 0 bridgehead atoms. The van der Waals surface area contributed by atoms with E-state index in [0.717, 1.165) is 19.3 Å². The molecule has 9 heteroatoms. The monoisotopic (exact) mass is 357 g/mol. The molecule has 0 radical (unpaired) electrons. The lowest BCUT2D eigenvalue weighted by Gasteiger charge is -2.32. The van der Waals surface area contributed by atoms with Crippen molar-refractivity contribution < 1.29 is 22.5 Å². The van der Waals surface area contributed by atoms with Crippen molar-refractivity contribution in [1.29, 1.82) is 0 Å². The zero-order chi connectivity index (χ0) is 17.5. The van der Waals surface area contributed by atoms with E-state index in [1.807, 2.05) is 0 Å². The number of sulfonamides is 1. The van der Waals surface area contributed by atoms with Gasteiger partial charge in [0.1, 0.15) is 5.76 Å². The molecule has 1 saturated carbocycles. The number of carbonyl (C=O) groups excluding carboxylic acids is 1. The number of aryl methyl sites for hydroxylation is 1. The minimum atomic E-state index is -3.19. The first-order valence-corrected chi connectivity index (χ1v) is 9.85. The smallest absolute Gasteiger partial charge is 0.276 e. The van der Waals surface area contributed by atoms with Gasteiger partial charge in [0.15, 0.2) is 5.69 Å². The highest BCUT2D eigenvalue weighted by Gasteiger charge is 2.56. The number of rotatable bonds is 5. The van der Waals surface area contributed by atoms with Gasteiger partial charge in [-0.05, 0) is 31.6 Å². The van der Waals surface area contributed by atoms with Crippen LogP contribution in [0.4, 0.5) is 0 Å². The number of methoxy groups -OCH3 is 1. The van der Waals surface area contributed by atoms with Crippen LogP contribution in [0.1, 0.15) is 41.1 Å². The summed E-state index contributed by atoms with van der Waals surface area (Å²) in [5.74, 6) is 0.440. The van der Waals surface area contributed by atoms with Crippen LogP contribution in [-0.4, -0.2) is 56.9 Å². The van der Waals surface area contributed by atoms with E-state index in [9.17, 15) is 13.2 Å². The summed E-state index contributed by atoms with van der Waals surface area (Å²) >= 11 is 0. The van der Waals surface area contributed by atoms with Gasteiger partial charge >= 0.3 is 0 Å². The van der Waals surface area contributed by atoms with E-state index in [1.165, 1.54) is 6.26 Å². The highest BCUT2D eigenvalue weighted by Crippen LogP contribution is 2.54. The van der Waals surface area contributed by atoms with E-state index in [-0.39, 0.29) is 24.0 Å². The molecule has 3 rings (SSSR count). The van der Waals surface area contributed by atoms with Gasteiger partial charge in [0, 0.05) is 26.2 Å². The number of amides is 1. The molecule has 1 spiro atoms. The lowest BCUT2D eigenvalue weighted by Crippen LogP contribution is -2.42. The number of aromatic nitrogens is 1. The van der Waals surface area contributed by atoms with Crippen LogP contribution in [0.5, 0.6) is 0 Å².